The summed E-state index contributed by atoms with van der Waals surface area (Å²) in [5, 5.41) is 13.0. The summed E-state index contributed by atoms with van der Waals surface area (Å²) in [6.45, 7) is 1.42. The van der Waals surface area contributed by atoms with Crippen LogP contribution >= 0.6 is 11.8 Å². The van der Waals surface area contributed by atoms with Crippen LogP contribution < -0.4 is 14.8 Å². The van der Waals surface area contributed by atoms with Gasteiger partial charge in [-0.25, -0.2) is 4.79 Å². The van der Waals surface area contributed by atoms with Gasteiger partial charge in [-0.15, -0.1) is 11.8 Å². The quantitative estimate of drug-likeness (QED) is 0.209. The number of hydrogen-bond acceptors (Lipinski definition) is 8. The fourth-order valence-corrected chi connectivity index (χ4v) is 5.37. The molecule has 1 aliphatic carbocycles. The van der Waals surface area contributed by atoms with Crippen molar-refractivity contribution in [3.63, 3.8) is 0 Å². The molecule has 0 radical (unpaired) electrons. The number of carbonyl (C=O) groups excluding carboxylic acids is 2. The van der Waals surface area contributed by atoms with E-state index >= 15 is 0 Å². The van der Waals surface area contributed by atoms with Crippen molar-refractivity contribution in [2.75, 3.05) is 25.7 Å². The van der Waals surface area contributed by atoms with E-state index in [1.54, 1.807) is 24.3 Å². The number of hydrogen-bond donors (Lipinski definition) is 2. The number of aliphatic hydroxyl groups excluding tert-OH is 1. The fraction of sp³-hybridized carbons (Fsp3) is 0.667. The maximum Gasteiger partial charge on any atom is 0.344 e. The zero-order valence-electron chi connectivity index (χ0n) is 20.1. The first kappa shape index (κ1) is 26.7. The molecule has 3 rings (SSSR count). The Morgan fingerprint density at radius 3 is 2.32 bits per heavy atom. The van der Waals surface area contributed by atoms with Gasteiger partial charge in [-0.2, -0.15) is 0 Å². The SMILES string of the molecule is B[C@@H]1O[C@H](CO)C(OC(=O)COc2ccc(OCC(=O)NCSC3CCCCCC3)cc2)C1C. The summed E-state index contributed by atoms with van der Waals surface area (Å²) in [4.78, 5) is 24.2. The second-order valence-electron chi connectivity index (χ2n) is 8.95. The van der Waals surface area contributed by atoms with Crippen molar-refractivity contribution < 1.29 is 33.6 Å². The average molecular weight is 493 g/mol. The molecule has 0 spiro atoms. The van der Waals surface area contributed by atoms with Crippen LogP contribution in [0.4, 0.5) is 0 Å². The summed E-state index contributed by atoms with van der Waals surface area (Å²) >= 11 is 1.82. The Morgan fingerprint density at radius 1 is 1.09 bits per heavy atom. The normalized spacial score (nSPS) is 25.4. The third-order valence-corrected chi connectivity index (χ3v) is 7.66. The molecule has 0 bridgehead atoms. The highest BCUT2D eigenvalue weighted by molar-refractivity contribution is 7.99. The summed E-state index contributed by atoms with van der Waals surface area (Å²) in [6.07, 6.45) is 6.68. The Hall–Kier alpha value is -1.91. The van der Waals surface area contributed by atoms with Crippen LogP contribution in [0, 0.1) is 5.92 Å². The van der Waals surface area contributed by atoms with Crippen molar-refractivity contribution in [1.29, 1.82) is 0 Å². The summed E-state index contributed by atoms with van der Waals surface area (Å²) in [7, 11) is 1.89. The molecular weight excluding hydrogens is 457 g/mol. The van der Waals surface area contributed by atoms with Crippen LogP contribution in [0.3, 0.4) is 0 Å². The minimum atomic E-state index is -0.522. The van der Waals surface area contributed by atoms with Crippen molar-refractivity contribution in [3.8, 4) is 11.5 Å². The second kappa shape index (κ2) is 13.8. The molecule has 1 aromatic rings. The summed E-state index contributed by atoms with van der Waals surface area (Å²) in [5.74, 6) is 0.954. The lowest BCUT2D eigenvalue weighted by Crippen LogP contribution is -2.35. The van der Waals surface area contributed by atoms with Gasteiger partial charge in [0.05, 0.1) is 12.5 Å². The molecule has 34 heavy (non-hydrogen) atoms. The molecule has 1 aromatic carbocycles. The standard InChI is InChI=1S/C24H36BNO7S/c1-16-23(20(12-27)32-24(16)25)33-22(29)14-31-18-10-8-17(9-11-18)30-13-21(28)26-15-34-19-6-4-2-3-5-7-19/h8-11,16,19-20,23-24,27H,2-7,12-15,25H2,1H3,(H,26,28)/t16?,20-,23?,24-/m1/s1. The molecule has 1 saturated carbocycles. The van der Waals surface area contributed by atoms with Crippen molar-refractivity contribution >= 4 is 31.5 Å². The molecule has 1 aliphatic heterocycles. The predicted octanol–water partition coefficient (Wildman–Crippen LogP) is 1.87. The van der Waals surface area contributed by atoms with Gasteiger partial charge in [-0.1, -0.05) is 32.6 Å². The number of amides is 1. The van der Waals surface area contributed by atoms with E-state index in [0.717, 1.165) is 0 Å². The van der Waals surface area contributed by atoms with Crippen molar-refractivity contribution in [2.24, 2.45) is 5.92 Å². The van der Waals surface area contributed by atoms with Gasteiger partial charge in [0.2, 0.25) is 0 Å². The zero-order valence-corrected chi connectivity index (χ0v) is 20.9. The summed E-state index contributed by atoms with van der Waals surface area (Å²) in [6, 6.07) is 6.62. The predicted molar refractivity (Wildman–Crippen MR) is 133 cm³/mol. The molecule has 0 aromatic heterocycles. The fourth-order valence-electron chi connectivity index (χ4n) is 4.22. The lowest BCUT2D eigenvalue weighted by atomic mass is 9.86. The van der Waals surface area contributed by atoms with Crippen molar-refractivity contribution in [3.05, 3.63) is 24.3 Å². The lowest BCUT2D eigenvalue weighted by molar-refractivity contribution is -0.156. The number of nitrogens with one attached hydrogen (secondary N) is 1. The maximum absolute atomic E-state index is 12.2. The molecule has 1 heterocycles. The van der Waals surface area contributed by atoms with Crippen molar-refractivity contribution in [1.82, 2.24) is 5.32 Å². The molecule has 1 saturated heterocycles. The van der Waals surface area contributed by atoms with Crippen LogP contribution in [0.15, 0.2) is 24.3 Å². The Labute approximate surface area is 206 Å². The Morgan fingerprint density at radius 2 is 1.71 bits per heavy atom. The zero-order chi connectivity index (χ0) is 24.3. The van der Waals surface area contributed by atoms with E-state index in [1.807, 2.05) is 26.5 Å². The molecule has 188 valence electrons. The number of benzene rings is 1. The molecule has 4 atom stereocenters. The number of carbonyl (C=O) groups is 2. The summed E-state index contributed by atoms with van der Waals surface area (Å²) < 4.78 is 22.1. The first-order chi connectivity index (χ1) is 16.5. The largest absolute Gasteiger partial charge is 0.484 e. The van der Waals surface area contributed by atoms with Crippen LogP contribution in [0.25, 0.3) is 0 Å². The van der Waals surface area contributed by atoms with Crippen molar-refractivity contribution in [2.45, 2.75) is 68.9 Å². The van der Waals surface area contributed by atoms with Crippen LogP contribution in [-0.2, 0) is 19.1 Å². The highest BCUT2D eigenvalue weighted by atomic mass is 32.2. The van der Waals surface area contributed by atoms with E-state index in [0.29, 0.717) is 22.6 Å². The maximum atomic E-state index is 12.2. The minimum Gasteiger partial charge on any atom is -0.484 e. The highest BCUT2D eigenvalue weighted by Crippen LogP contribution is 2.28. The van der Waals surface area contributed by atoms with Gasteiger partial charge in [0.1, 0.15) is 31.6 Å². The number of ether oxygens (including phenoxy) is 4. The third-order valence-electron chi connectivity index (χ3n) is 6.40. The molecular formula is C24H36BNO7S. The second-order valence-corrected chi connectivity index (χ2v) is 10.2. The summed E-state index contributed by atoms with van der Waals surface area (Å²) in [5.41, 5.74) is 0. The van der Waals surface area contributed by atoms with E-state index in [4.69, 9.17) is 18.9 Å². The Kier molecular flexibility index (Phi) is 10.9. The topological polar surface area (TPSA) is 103 Å². The lowest BCUT2D eigenvalue weighted by Gasteiger charge is -2.20. The van der Waals surface area contributed by atoms with Gasteiger partial charge in [0.15, 0.2) is 13.2 Å². The first-order valence-corrected chi connectivity index (χ1v) is 13.2. The molecule has 2 aliphatic rings. The smallest absolute Gasteiger partial charge is 0.344 e. The monoisotopic (exact) mass is 493 g/mol. The van der Waals surface area contributed by atoms with E-state index < -0.39 is 18.2 Å². The number of thioether (sulfide) groups is 1. The minimum absolute atomic E-state index is 0.00913. The van der Waals surface area contributed by atoms with Crippen LogP contribution in [-0.4, -0.2) is 74.0 Å². The average Bonchev–Trinajstić information content (AvgIpc) is 3.01. The van der Waals surface area contributed by atoms with Gasteiger partial charge in [-0.05, 0) is 37.1 Å². The van der Waals surface area contributed by atoms with E-state index in [1.165, 1.54) is 38.5 Å². The molecule has 10 heteroatoms. The number of rotatable bonds is 11. The Bertz CT molecular complexity index is 773. The van der Waals surface area contributed by atoms with Gasteiger partial charge < -0.3 is 29.4 Å². The highest BCUT2D eigenvalue weighted by Gasteiger charge is 2.41. The van der Waals surface area contributed by atoms with E-state index in [-0.39, 0.29) is 37.6 Å². The number of aliphatic hydroxyl groups is 1. The molecule has 8 nitrogen and oxygen atoms in total. The Balaban J connectivity index is 1.32. The first-order valence-electron chi connectivity index (χ1n) is 12.2. The van der Waals surface area contributed by atoms with Gasteiger partial charge in [-0.3, -0.25) is 4.79 Å². The van der Waals surface area contributed by atoms with Gasteiger partial charge in [0.25, 0.3) is 5.91 Å². The third kappa shape index (κ3) is 8.39. The van der Waals surface area contributed by atoms with Gasteiger partial charge >= 0.3 is 5.97 Å². The molecule has 2 fully saturated rings. The molecule has 2 unspecified atom stereocenters. The van der Waals surface area contributed by atoms with Crippen LogP contribution in [0.5, 0.6) is 11.5 Å². The molecule has 2 N–H and O–H groups in total. The molecule has 1 amide bonds. The van der Waals surface area contributed by atoms with E-state index in [9.17, 15) is 14.7 Å². The van der Waals surface area contributed by atoms with Crippen LogP contribution in [0.2, 0.25) is 0 Å². The van der Waals surface area contributed by atoms with Gasteiger partial charge in [0, 0.05) is 17.2 Å². The van der Waals surface area contributed by atoms with Crippen LogP contribution in [0.1, 0.15) is 45.4 Å². The van der Waals surface area contributed by atoms with E-state index in [2.05, 4.69) is 5.32 Å². The number of esters is 1.